The summed E-state index contributed by atoms with van der Waals surface area (Å²) in [7, 11) is 0. The highest BCUT2D eigenvalue weighted by molar-refractivity contribution is 7.22. The Labute approximate surface area is 116 Å². The molecule has 0 atom stereocenters. The van der Waals surface area contributed by atoms with E-state index in [4.69, 9.17) is 9.52 Å². The highest BCUT2D eigenvalue weighted by atomic mass is 32.1. The number of fused-ring (bicyclic) bond motifs is 1. The Kier molecular flexibility index (Phi) is 2.96. The van der Waals surface area contributed by atoms with Gasteiger partial charge < -0.3 is 9.52 Å². The van der Waals surface area contributed by atoms with Gasteiger partial charge in [0.05, 0.1) is 15.8 Å². The summed E-state index contributed by atoms with van der Waals surface area (Å²) >= 11 is 1.33. The normalized spacial score (nSPS) is 10.6. The largest absolute Gasteiger partial charge is 0.478 e. The molecule has 3 rings (SSSR count). The molecule has 0 spiro atoms. The Morgan fingerprint density at radius 3 is 2.80 bits per heavy atom. The average Bonchev–Trinajstić information content (AvgIpc) is 3.04. The molecule has 1 aromatic carbocycles. The number of hydrogen-bond donors (Lipinski definition) is 2. The monoisotopic (exact) mass is 288 g/mol. The molecule has 0 radical (unpaired) electrons. The van der Waals surface area contributed by atoms with Gasteiger partial charge in [0.25, 0.3) is 5.91 Å². The number of amides is 1. The third kappa shape index (κ3) is 2.26. The second-order valence-electron chi connectivity index (χ2n) is 3.95. The lowest BCUT2D eigenvalue weighted by molar-refractivity contribution is 0.0696. The van der Waals surface area contributed by atoms with Gasteiger partial charge in [-0.2, -0.15) is 0 Å². The molecule has 100 valence electrons. The van der Waals surface area contributed by atoms with Gasteiger partial charge in [0.1, 0.15) is 6.26 Å². The number of rotatable bonds is 3. The van der Waals surface area contributed by atoms with Crippen LogP contribution in [0.5, 0.6) is 0 Å². The SMILES string of the molecule is O=C(O)c1coc(C(=O)Nc2nc3ccccc3s2)c1. The molecule has 0 aliphatic rings. The van der Waals surface area contributed by atoms with Gasteiger partial charge in [-0.1, -0.05) is 23.5 Å². The first-order chi connectivity index (χ1) is 9.63. The zero-order chi connectivity index (χ0) is 14.1. The molecule has 0 unspecified atom stereocenters. The van der Waals surface area contributed by atoms with Crippen molar-refractivity contribution in [3.05, 3.63) is 47.9 Å². The number of carbonyl (C=O) groups is 2. The number of benzene rings is 1. The Balaban J connectivity index is 1.82. The Morgan fingerprint density at radius 1 is 1.30 bits per heavy atom. The maximum Gasteiger partial charge on any atom is 0.338 e. The van der Waals surface area contributed by atoms with Gasteiger partial charge in [-0.3, -0.25) is 10.1 Å². The van der Waals surface area contributed by atoms with E-state index in [0.717, 1.165) is 16.5 Å². The number of para-hydroxylation sites is 1. The van der Waals surface area contributed by atoms with Crippen molar-refractivity contribution in [3.8, 4) is 0 Å². The number of aromatic carboxylic acids is 1. The first-order valence-corrected chi connectivity index (χ1v) is 6.44. The standard InChI is InChI=1S/C13H8N2O4S/c16-11(9-5-7(6-19-9)12(17)18)15-13-14-8-3-1-2-4-10(8)20-13/h1-6H,(H,17,18)(H,14,15,16). The average molecular weight is 288 g/mol. The van der Waals surface area contributed by atoms with Crippen LogP contribution in [0.25, 0.3) is 10.2 Å². The molecule has 0 saturated carbocycles. The van der Waals surface area contributed by atoms with Crippen molar-refractivity contribution < 1.29 is 19.1 Å². The number of anilines is 1. The van der Waals surface area contributed by atoms with E-state index in [-0.39, 0.29) is 11.3 Å². The van der Waals surface area contributed by atoms with Crippen molar-refractivity contribution in [3.63, 3.8) is 0 Å². The summed E-state index contributed by atoms with van der Waals surface area (Å²) in [6.45, 7) is 0. The van der Waals surface area contributed by atoms with Crippen LogP contribution in [0.1, 0.15) is 20.9 Å². The van der Waals surface area contributed by atoms with Crippen molar-refractivity contribution in [2.75, 3.05) is 5.32 Å². The van der Waals surface area contributed by atoms with Gasteiger partial charge >= 0.3 is 5.97 Å². The van der Waals surface area contributed by atoms with Crippen molar-refractivity contribution >= 4 is 38.6 Å². The van der Waals surface area contributed by atoms with Crippen LogP contribution in [0.2, 0.25) is 0 Å². The number of nitrogens with one attached hydrogen (secondary N) is 1. The number of aromatic nitrogens is 1. The molecule has 1 amide bonds. The lowest BCUT2D eigenvalue weighted by Gasteiger charge is -1.96. The van der Waals surface area contributed by atoms with Crippen molar-refractivity contribution in [2.45, 2.75) is 0 Å². The third-order valence-corrected chi connectivity index (χ3v) is 3.54. The molecular formula is C13H8N2O4S. The van der Waals surface area contributed by atoms with E-state index >= 15 is 0 Å². The molecule has 0 fully saturated rings. The molecule has 0 bridgehead atoms. The van der Waals surface area contributed by atoms with Gasteiger partial charge in [-0.05, 0) is 12.1 Å². The quantitative estimate of drug-likeness (QED) is 0.773. The zero-order valence-corrected chi connectivity index (χ0v) is 10.8. The topological polar surface area (TPSA) is 92.4 Å². The summed E-state index contributed by atoms with van der Waals surface area (Å²) in [5.41, 5.74) is 0.720. The minimum Gasteiger partial charge on any atom is -0.478 e. The number of furan rings is 1. The minimum absolute atomic E-state index is 0.0679. The van der Waals surface area contributed by atoms with E-state index in [9.17, 15) is 9.59 Å². The Morgan fingerprint density at radius 2 is 2.10 bits per heavy atom. The molecule has 0 saturated heterocycles. The van der Waals surface area contributed by atoms with Crippen LogP contribution in [-0.4, -0.2) is 22.0 Å². The van der Waals surface area contributed by atoms with Crippen LogP contribution in [-0.2, 0) is 0 Å². The van der Waals surface area contributed by atoms with E-state index in [0.29, 0.717) is 5.13 Å². The molecule has 2 aromatic heterocycles. The fraction of sp³-hybridized carbons (Fsp3) is 0. The van der Waals surface area contributed by atoms with Gasteiger partial charge in [-0.25, -0.2) is 9.78 Å². The third-order valence-electron chi connectivity index (χ3n) is 2.58. The van der Waals surface area contributed by atoms with Crippen molar-refractivity contribution in [2.24, 2.45) is 0 Å². The van der Waals surface area contributed by atoms with E-state index in [1.807, 2.05) is 24.3 Å². The van der Waals surface area contributed by atoms with Crippen molar-refractivity contribution in [1.29, 1.82) is 0 Å². The number of hydrogen-bond acceptors (Lipinski definition) is 5. The Hall–Kier alpha value is -2.67. The number of carbonyl (C=O) groups excluding carboxylic acids is 1. The van der Waals surface area contributed by atoms with E-state index in [1.54, 1.807) is 0 Å². The van der Waals surface area contributed by atoms with Crippen molar-refractivity contribution in [1.82, 2.24) is 4.98 Å². The molecule has 20 heavy (non-hydrogen) atoms. The van der Waals surface area contributed by atoms with Gasteiger partial charge in [-0.15, -0.1) is 0 Å². The second kappa shape index (κ2) is 4.78. The highest BCUT2D eigenvalue weighted by Gasteiger charge is 2.16. The molecule has 7 heteroatoms. The number of nitrogens with zero attached hydrogens (tertiary/aromatic N) is 1. The maximum absolute atomic E-state index is 11.9. The molecular weight excluding hydrogens is 280 g/mol. The molecule has 0 aliphatic carbocycles. The van der Waals surface area contributed by atoms with Crippen LogP contribution in [0.15, 0.2) is 41.0 Å². The lowest BCUT2D eigenvalue weighted by atomic mass is 10.3. The van der Waals surface area contributed by atoms with E-state index in [1.165, 1.54) is 17.4 Å². The van der Waals surface area contributed by atoms with Crippen LogP contribution < -0.4 is 5.32 Å². The molecule has 6 nitrogen and oxygen atoms in total. The summed E-state index contributed by atoms with van der Waals surface area (Å²) < 4.78 is 5.87. The summed E-state index contributed by atoms with van der Waals surface area (Å²) in [4.78, 5) is 26.9. The van der Waals surface area contributed by atoms with Crippen LogP contribution >= 0.6 is 11.3 Å². The van der Waals surface area contributed by atoms with Crippen LogP contribution in [0.3, 0.4) is 0 Å². The minimum atomic E-state index is -1.15. The molecule has 0 aliphatic heterocycles. The number of carboxylic acids is 1. The maximum atomic E-state index is 11.9. The molecule has 2 N–H and O–H groups in total. The zero-order valence-electron chi connectivity index (χ0n) is 9.99. The fourth-order valence-electron chi connectivity index (χ4n) is 1.65. The summed E-state index contributed by atoms with van der Waals surface area (Å²) in [6.07, 6.45) is 1.02. The Bertz CT molecular complexity index is 772. The van der Waals surface area contributed by atoms with Gasteiger partial charge in [0.15, 0.2) is 10.9 Å². The van der Waals surface area contributed by atoms with Gasteiger partial charge in [0.2, 0.25) is 0 Å². The molecule has 3 aromatic rings. The van der Waals surface area contributed by atoms with Gasteiger partial charge in [0, 0.05) is 6.07 Å². The van der Waals surface area contributed by atoms with E-state index < -0.39 is 11.9 Å². The predicted molar refractivity (Wildman–Crippen MR) is 73.2 cm³/mol. The summed E-state index contributed by atoms with van der Waals surface area (Å²) in [5.74, 6) is -1.74. The lowest BCUT2D eigenvalue weighted by Crippen LogP contribution is -2.10. The fourth-order valence-corrected chi connectivity index (χ4v) is 2.51. The first-order valence-electron chi connectivity index (χ1n) is 5.62. The highest BCUT2D eigenvalue weighted by Crippen LogP contribution is 2.25. The second-order valence-corrected chi connectivity index (χ2v) is 4.98. The number of carboxylic acid groups (broad SMARTS) is 1. The van der Waals surface area contributed by atoms with Crippen LogP contribution in [0.4, 0.5) is 5.13 Å². The first kappa shape index (κ1) is 12.4. The van der Waals surface area contributed by atoms with Crippen LogP contribution in [0, 0.1) is 0 Å². The number of thiazole rings is 1. The predicted octanol–water partition coefficient (Wildman–Crippen LogP) is 2.84. The smallest absolute Gasteiger partial charge is 0.338 e. The van der Waals surface area contributed by atoms with E-state index in [2.05, 4.69) is 10.3 Å². The summed E-state index contributed by atoms with van der Waals surface area (Å²) in [6, 6.07) is 8.66. The molecule has 2 heterocycles. The summed E-state index contributed by atoms with van der Waals surface area (Å²) in [5, 5.41) is 11.8.